The first-order valence-electron chi connectivity index (χ1n) is 10.6. The van der Waals surface area contributed by atoms with Crippen LogP contribution in [0.2, 0.25) is 0 Å². The number of nitrogens with zero attached hydrogens (tertiary/aromatic N) is 1. The van der Waals surface area contributed by atoms with E-state index in [1.807, 2.05) is 0 Å². The highest BCUT2D eigenvalue weighted by atomic mass is 32.2. The van der Waals surface area contributed by atoms with E-state index in [2.05, 4.69) is 14.7 Å². The highest BCUT2D eigenvalue weighted by Gasteiger charge is 2.26. The summed E-state index contributed by atoms with van der Waals surface area (Å²) >= 11 is 0. The van der Waals surface area contributed by atoms with Crippen molar-refractivity contribution in [3.05, 3.63) is 77.1 Å². The number of nitrogen functional groups attached to an aromatic ring is 1. The molecule has 180 valence electrons. The van der Waals surface area contributed by atoms with Gasteiger partial charge in [0, 0.05) is 46.4 Å². The molecule has 0 aliphatic carbocycles. The van der Waals surface area contributed by atoms with Crippen LogP contribution in [0.15, 0.2) is 48.8 Å². The van der Waals surface area contributed by atoms with Gasteiger partial charge in [0.25, 0.3) is 0 Å². The van der Waals surface area contributed by atoms with Gasteiger partial charge in [-0.15, -0.1) is 0 Å². The van der Waals surface area contributed by atoms with Gasteiger partial charge in [-0.2, -0.15) is 0 Å². The second-order valence-corrected chi connectivity index (χ2v) is 9.69. The number of aromatic nitrogens is 2. The lowest BCUT2D eigenvalue weighted by atomic mass is 9.99. The third-order valence-corrected chi connectivity index (χ3v) is 6.88. The lowest BCUT2D eigenvalue weighted by Crippen LogP contribution is -2.18. The molecule has 0 unspecified atom stereocenters. The Morgan fingerprint density at radius 3 is 2.69 bits per heavy atom. The zero-order chi connectivity index (χ0) is 25.3. The molecule has 0 saturated carbocycles. The van der Waals surface area contributed by atoms with Gasteiger partial charge in [0.15, 0.2) is 5.82 Å². The fraction of sp³-hybridized carbons (Fsp3) is 0.125. The normalized spacial score (nSPS) is 11.5. The molecule has 0 aliphatic heterocycles. The SMILES string of the molecule is CCCS(=O)(=O)Nc1ccc(F)c(C(=O)c2c[nH]c3ncc(-c4ccc(N)c(C=N)c4)cc23)c1F. The molecule has 0 saturated heterocycles. The highest BCUT2D eigenvalue weighted by molar-refractivity contribution is 7.92. The van der Waals surface area contributed by atoms with Gasteiger partial charge in [-0.1, -0.05) is 13.0 Å². The smallest absolute Gasteiger partial charge is 0.232 e. The number of fused-ring (bicyclic) bond motifs is 1. The maximum Gasteiger partial charge on any atom is 0.232 e. The molecule has 0 aliphatic rings. The molecule has 2 heterocycles. The van der Waals surface area contributed by atoms with Gasteiger partial charge in [-0.3, -0.25) is 9.52 Å². The molecule has 11 heteroatoms. The topological polar surface area (TPSA) is 142 Å². The third kappa shape index (κ3) is 4.62. The van der Waals surface area contributed by atoms with Crippen molar-refractivity contribution < 1.29 is 22.0 Å². The Balaban J connectivity index is 1.79. The summed E-state index contributed by atoms with van der Waals surface area (Å²) in [4.78, 5) is 20.3. The Kier molecular flexibility index (Phi) is 6.35. The van der Waals surface area contributed by atoms with Gasteiger partial charge in [0.1, 0.15) is 11.5 Å². The van der Waals surface area contributed by atoms with Crippen LogP contribution in [0.5, 0.6) is 0 Å². The number of halogens is 2. The minimum atomic E-state index is -3.86. The van der Waals surface area contributed by atoms with Crippen molar-refractivity contribution in [2.75, 3.05) is 16.2 Å². The van der Waals surface area contributed by atoms with E-state index in [1.165, 1.54) is 6.20 Å². The quantitative estimate of drug-likeness (QED) is 0.161. The molecule has 0 atom stereocenters. The molecule has 5 N–H and O–H groups in total. The van der Waals surface area contributed by atoms with E-state index >= 15 is 4.39 Å². The fourth-order valence-electron chi connectivity index (χ4n) is 3.69. The number of nitrogens with one attached hydrogen (secondary N) is 3. The van der Waals surface area contributed by atoms with Crippen LogP contribution in [0.25, 0.3) is 22.2 Å². The third-order valence-electron chi connectivity index (χ3n) is 5.41. The first-order valence-corrected chi connectivity index (χ1v) is 12.2. The van der Waals surface area contributed by atoms with E-state index in [4.69, 9.17) is 11.1 Å². The number of anilines is 2. The maximum atomic E-state index is 15.2. The summed E-state index contributed by atoms with van der Waals surface area (Å²) < 4.78 is 56.0. The number of hydrogen-bond acceptors (Lipinski definition) is 6. The molecule has 0 radical (unpaired) electrons. The van der Waals surface area contributed by atoms with Crippen LogP contribution in [0.4, 0.5) is 20.2 Å². The predicted molar refractivity (Wildman–Crippen MR) is 131 cm³/mol. The van der Waals surface area contributed by atoms with Crippen LogP contribution in [-0.2, 0) is 10.0 Å². The van der Waals surface area contributed by atoms with Crippen molar-refractivity contribution in [2.24, 2.45) is 0 Å². The van der Waals surface area contributed by atoms with Crippen molar-refractivity contribution >= 4 is 44.4 Å². The molecule has 4 aromatic rings. The number of benzene rings is 2. The average Bonchev–Trinajstić information content (AvgIpc) is 3.24. The Morgan fingerprint density at radius 2 is 1.97 bits per heavy atom. The summed E-state index contributed by atoms with van der Waals surface area (Å²) in [5, 5.41) is 7.80. The Labute approximate surface area is 199 Å². The number of pyridine rings is 1. The Bertz CT molecular complexity index is 1580. The van der Waals surface area contributed by atoms with Crippen LogP contribution in [-0.4, -0.2) is 36.1 Å². The first kappa shape index (κ1) is 24.0. The summed E-state index contributed by atoms with van der Waals surface area (Å²) in [7, 11) is -3.86. The Morgan fingerprint density at radius 1 is 1.20 bits per heavy atom. The fourth-order valence-corrected chi connectivity index (χ4v) is 4.82. The van der Waals surface area contributed by atoms with Gasteiger partial charge in [0.05, 0.1) is 17.0 Å². The van der Waals surface area contributed by atoms with Crippen molar-refractivity contribution in [2.45, 2.75) is 13.3 Å². The first-order chi connectivity index (χ1) is 16.6. The standard InChI is InChI=1S/C24H21F2N5O3S/c1-2-7-35(33,34)31-20-6-4-18(25)21(22(20)26)23(32)17-12-30-24-16(17)9-15(11-29-24)13-3-5-19(28)14(8-13)10-27/h3-6,8-12,27,31H,2,7,28H2,1H3,(H,29,30). The number of rotatable bonds is 8. The van der Waals surface area contributed by atoms with E-state index in [9.17, 15) is 17.6 Å². The minimum Gasteiger partial charge on any atom is -0.398 e. The number of carbonyl (C=O) groups is 1. The highest BCUT2D eigenvalue weighted by Crippen LogP contribution is 2.30. The Hall–Kier alpha value is -4.12. The largest absolute Gasteiger partial charge is 0.398 e. The molecular formula is C24H21F2N5O3S. The summed E-state index contributed by atoms with van der Waals surface area (Å²) in [5.74, 6) is -3.66. The number of sulfonamides is 1. The second-order valence-electron chi connectivity index (χ2n) is 7.84. The van der Waals surface area contributed by atoms with Crippen LogP contribution in [0.1, 0.15) is 34.8 Å². The maximum absolute atomic E-state index is 15.2. The number of aromatic amines is 1. The number of ketones is 1. The average molecular weight is 498 g/mol. The predicted octanol–water partition coefficient (Wildman–Crippen LogP) is 4.47. The van der Waals surface area contributed by atoms with Crippen molar-refractivity contribution in [1.29, 1.82) is 5.41 Å². The molecular weight excluding hydrogens is 476 g/mol. The summed E-state index contributed by atoms with van der Waals surface area (Å²) in [5.41, 5.74) is 6.93. The van der Waals surface area contributed by atoms with E-state index in [0.717, 1.165) is 18.3 Å². The van der Waals surface area contributed by atoms with Crippen LogP contribution in [0, 0.1) is 17.0 Å². The van der Waals surface area contributed by atoms with E-state index in [-0.39, 0.29) is 11.3 Å². The van der Waals surface area contributed by atoms with Crippen LogP contribution < -0.4 is 10.5 Å². The molecule has 2 aromatic carbocycles. The van der Waals surface area contributed by atoms with E-state index in [0.29, 0.717) is 39.8 Å². The van der Waals surface area contributed by atoms with Gasteiger partial charge in [-0.05, 0) is 42.3 Å². The molecule has 35 heavy (non-hydrogen) atoms. The number of carbonyl (C=O) groups excluding carboxylic acids is 1. The van der Waals surface area contributed by atoms with Crippen molar-refractivity contribution in [3.8, 4) is 11.1 Å². The number of nitrogens with two attached hydrogens (primary N) is 1. The molecule has 4 rings (SSSR count). The van der Waals surface area contributed by atoms with Gasteiger partial charge in [-0.25, -0.2) is 22.2 Å². The van der Waals surface area contributed by atoms with Gasteiger partial charge >= 0.3 is 0 Å². The summed E-state index contributed by atoms with van der Waals surface area (Å²) in [6.45, 7) is 1.64. The van der Waals surface area contributed by atoms with Gasteiger partial charge < -0.3 is 16.1 Å². The van der Waals surface area contributed by atoms with E-state index < -0.39 is 38.7 Å². The summed E-state index contributed by atoms with van der Waals surface area (Å²) in [6.07, 6.45) is 4.26. The monoisotopic (exact) mass is 497 g/mol. The van der Waals surface area contributed by atoms with E-state index in [1.54, 1.807) is 37.4 Å². The zero-order valence-corrected chi connectivity index (χ0v) is 19.3. The summed E-state index contributed by atoms with van der Waals surface area (Å²) in [6, 6.07) is 8.46. The number of H-pyrrole nitrogens is 1. The second kappa shape index (κ2) is 9.26. The number of hydrogen-bond donors (Lipinski definition) is 4. The van der Waals surface area contributed by atoms with Crippen LogP contribution in [0.3, 0.4) is 0 Å². The molecule has 2 aromatic heterocycles. The van der Waals surface area contributed by atoms with Crippen molar-refractivity contribution in [3.63, 3.8) is 0 Å². The molecule has 0 spiro atoms. The van der Waals surface area contributed by atoms with Crippen molar-refractivity contribution in [1.82, 2.24) is 9.97 Å². The lowest BCUT2D eigenvalue weighted by Gasteiger charge is -2.11. The molecule has 0 bridgehead atoms. The van der Waals surface area contributed by atoms with Gasteiger partial charge in [0.2, 0.25) is 15.8 Å². The molecule has 0 amide bonds. The molecule has 0 fully saturated rings. The minimum absolute atomic E-state index is 0.0385. The lowest BCUT2D eigenvalue weighted by molar-refractivity contribution is 0.103. The molecule has 8 nitrogen and oxygen atoms in total. The van der Waals surface area contributed by atoms with Crippen LogP contribution >= 0.6 is 0 Å². The zero-order valence-electron chi connectivity index (χ0n) is 18.5.